The van der Waals surface area contributed by atoms with Gasteiger partial charge in [-0.1, -0.05) is 6.92 Å². The van der Waals surface area contributed by atoms with Gasteiger partial charge in [0.2, 0.25) is 0 Å². The standard InChI is InChI=1S/C15H19NO8/c1-5-6-16-9(13(21)22)7(11(17)18)8(12(19)20)10(16)14(23)24-15(2,3)4/h5-6H2,1-4H3,(H,17,18)(H,19,20)(H,21,22). The highest BCUT2D eigenvalue weighted by Crippen LogP contribution is 2.27. The van der Waals surface area contributed by atoms with Crippen LogP contribution >= 0.6 is 0 Å². The minimum Gasteiger partial charge on any atom is -0.478 e. The number of carboxylic acids is 3. The maximum atomic E-state index is 12.4. The second-order valence-corrected chi connectivity index (χ2v) is 6.02. The van der Waals surface area contributed by atoms with Gasteiger partial charge in [-0.25, -0.2) is 19.2 Å². The third kappa shape index (κ3) is 3.73. The summed E-state index contributed by atoms with van der Waals surface area (Å²) < 4.78 is 6.00. The molecule has 0 aliphatic carbocycles. The summed E-state index contributed by atoms with van der Waals surface area (Å²) in [6, 6.07) is 0. The molecule has 0 saturated carbocycles. The molecule has 0 aliphatic rings. The molecule has 0 spiro atoms. The molecular formula is C15H19NO8. The predicted octanol–water partition coefficient (Wildman–Crippen LogP) is 1.95. The zero-order valence-corrected chi connectivity index (χ0v) is 13.7. The number of ether oxygens (including phenoxy) is 1. The van der Waals surface area contributed by atoms with Crippen molar-refractivity contribution in [2.45, 2.75) is 46.3 Å². The lowest BCUT2D eigenvalue weighted by molar-refractivity contribution is 0.00536. The van der Waals surface area contributed by atoms with Crippen molar-refractivity contribution in [1.82, 2.24) is 4.57 Å². The Balaban J connectivity index is 3.86. The molecule has 0 amide bonds. The Hall–Kier alpha value is -2.84. The molecular weight excluding hydrogens is 322 g/mol. The van der Waals surface area contributed by atoms with Gasteiger partial charge in [-0.15, -0.1) is 0 Å². The molecule has 0 radical (unpaired) electrons. The van der Waals surface area contributed by atoms with Crippen molar-refractivity contribution >= 4 is 23.9 Å². The van der Waals surface area contributed by atoms with Crippen molar-refractivity contribution in [1.29, 1.82) is 0 Å². The number of aromatic nitrogens is 1. The number of hydrogen-bond acceptors (Lipinski definition) is 5. The molecule has 24 heavy (non-hydrogen) atoms. The number of carbonyl (C=O) groups excluding carboxylic acids is 1. The smallest absolute Gasteiger partial charge is 0.356 e. The monoisotopic (exact) mass is 341 g/mol. The zero-order chi connectivity index (χ0) is 18.8. The van der Waals surface area contributed by atoms with Crippen molar-refractivity contribution in [3.63, 3.8) is 0 Å². The molecule has 0 atom stereocenters. The summed E-state index contributed by atoms with van der Waals surface area (Å²) >= 11 is 0. The Labute approximate surface area is 137 Å². The minimum absolute atomic E-state index is 0.0518. The molecule has 1 heterocycles. The topological polar surface area (TPSA) is 143 Å². The molecule has 1 rings (SSSR count). The minimum atomic E-state index is -1.75. The molecule has 0 bridgehead atoms. The molecule has 1 aromatic rings. The van der Waals surface area contributed by atoms with E-state index in [4.69, 9.17) is 4.74 Å². The largest absolute Gasteiger partial charge is 0.478 e. The van der Waals surface area contributed by atoms with E-state index in [1.807, 2.05) is 0 Å². The number of nitrogens with zero attached hydrogens (tertiary/aromatic N) is 1. The first-order valence-corrected chi connectivity index (χ1v) is 7.12. The number of rotatable bonds is 6. The molecule has 0 unspecified atom stereocenters. The predicted molar refractivity (Wildman–Crippen MR) is 80.8 cm³/mol. The van der Waals surface area contributed by atoms with Crippen LogP contribution < -0.4 is 0 Å². The van der Waals surface area contributed by atoms with Gasteiger partial charge in [0.25, 0.3) is 0 Å². The van der Waals surface area contributed by atoms with Crippen LogP contribution in [0.2, 0.25) is 0 Å². The number of aromatic carboxylic acids is 3. The summed E-state index contributed by atoms with van der Waals surface area (Å²) in [7, 11) is 0. The Morgan fingerprint density at radius 1 is 0.917 bits per heavy atom. The summed E-state index contributed by atoms with van der Waals surface area (Å²) in [4.78, 5) is 46.9. The molecule has 0 aliphatic heterocycles. The molecule has 0 fully saturated rings. The van der Waals surface area contributed by atoms with Crippen LogP contribution in [0.15, 0.2) is 0 Å². The lowest BCUT2D eigenvalue weighted by Crippen LogP contribution is -2.27. The van der Waals surface area contributed by atoms with E-state index in [0.29, 0.717) is 6.42 Å². The fraction of sp³-hybridized carbons (Fsp3) is 0.467. The van der Waals surface area contributed by atoms with Gasteiger partial charge in [0, 0.05) is 6.54 Å². The van der Waals surface area contributed by atoms with Crippen LogP contribution in [0, 0.1) is 0 Å². The second-order valence-electron chi connectivity index (χ2n) is 6.02. The van der Waals surface area contributed by atoms with Crippen LogP contribution in [0.1, 0.15) is 75.8 Å². The second kappa shape index (κ2) is 6.73. The summed E-state index contributed by atoms with van der Waals surface area (Å²) in [6.07, 6.45) is 0.350. The van der Waals surface area contributed by atoms with Crippen molar-refractivity contribution in [2.24, 2.45) is 0 Å². The number of carboxylic acid groups (broad SMARTS) is 3. The molecule has 3 N–H and O–H groups in total. The molecule has 0 saturated heterocycles. The summed E-state index contributed by atoms with van der Waals surface area (Å²) in [5.41, 5.74) is -4.15. The highest BCUT2D eigenvalue weighted by molar-refractivity contribution is 6.14. The van der Waals surface area contributed by atoms with Crippen LogP contribution in [-0.2, 0) is 11.3 Å². The molecule has 132 valence electrons. The maximum Gasteiger partial charge on any atom is 0.356 e. The van der Waals surface area contributed by atoms with Gasteiger partial charge in [0.1, 0.15) is 28.1 Å². The van der Waals surface area contributed by atoms with E-state index < -0.39 is 52.0 Å². The lowest BCUT2D eigenvalue weighted by atomic mass is 10.1. The van der Waals surface area contributed by atoms with E-state index in [0.717, 1.165) is 4.57 Å². The van der Waals surface area contributed by atoms with Gasteiger partial charge in [0.05, 0.1) is 0 Å². The first-order valence-electron chi connectivity index (χ1n) is 7.12. The molecule has 1 aromatic heterocycles. The first-order chi connectivity index (χ1) is 10.9. The van der Waals surface area contributed by atoms with Crippen LogP contribution in [-0.4, -0.2) is 49.4 Å². The molecule has 9 nitrogen and oxygen atoms in total. The van der Waals surface area contributed by atoms with E-state index >= 15 is 0 Å². The van der Waals surface area contributed by atoms with E-state index in [1.54, 1.807) is 27.7 Å². The summed E-state index contributed by atoms with van der Waals surface area (Å²) in [5.74, 6) is -6.20. The van der Waals surface area contributed by atoms with E-state index in [-0.39, 0.29) is 6.54 Å². The molecule has 0 aromatic carbocycles. The van der Waals surface area contributed by atoms with E-state index in [1.165, 1.54) is 0 Å². The van der Waals surface area contributed by atoms with Gasteiger partial charge in [0.15, 0.2) is 0 Å². The number of hydrogen-bond donors (Lipinski definition) is 3. The van der Waals surface area contributed by atoms with Gasteiger partial charge in [-0.05, 0) is 27.2 Å². The number of esters is 1. The fourth-order valence-corrected chi connectivity index (χ4v) is 2.24. The average Bonchev–Trinajstić information content (AvgIpc) is 2.72. The van der Waals surface area contributed by atoms with Crippen molar-refractivity contribution < 1.29 is 39.2 Å². The zero-order valence-electron chi connectivity index (χ0n) is 13.7. The van der Waals surface area contributed by atoms with Crippen molar-refractivity contribution in [2.75, 3.05) is 0 Å². The average molecular weight is 341 g/mol. The Morgan fingerprint density at radius 2 is 1.38 bits per heavy atom. The summed E-state index contributed by atoms with van der Waals surface area (Å²) in [6.45, 7) is 6.27. The SMILES string of the molecule is CCCn1c(C(=O)O)c(C(=O)O)c(C(=O)O)c1C(=O)OC(C)(C)C. The summed E-state index contributed by atoms with van der Waals surface area (Å²) in [5, 5.41) is 28.0. The van der Waals surface area contributed by atoms with Crippen molar-refractivity contribution in [3.8, 4) is 0 Å². The highest BCUT2D eigenvalue weighted by Gasteiger charge is 2.38. The number of carbonyl (C=O) groups is 4. The quantitative estimate of drug-likeness (QED) is 0.666. The van der Waals surface area contributed by atoms with E-state index in [9.17, 15) is 34.5 Å². The Kier molecular flexibility index (Phi) is 5.39. The Morgan fingerprint density at radius 3 is 1.71 bits per heavy atom. The van der Waals surface area contributed by atoms with Gasteiger partial charge >= 0.3 is 23.9 Å². The van der Waals surface area contributed by atoms with Gasteiger partial charge in [-0.2, -0.15) is 0 Å². The third-order valence-electron chi connectivity index (χ3n) is 2.93. The van der Waals surface area contributed by atoms with E-state index in [2.05, 4.69) is 0 Å². The fourth-order valence-electron chi connectivity index (χ4n) is 2.24. The van der Waals surface area contributed by atoms with Gasteiger partial charge < -0.3 is 24.6 Å². The maximum absolute atomic E-state index is 12.4. The van der Waals surface area contributed by atoms with Crippen LogP contribution in [0.3, 0.4) is 0 Å². The normalized spacial score (nSPS) is 11.2. The Bertz CT molecular complexity index is 708. The first kappa shape index (κ1) is 19.2. The van der Waals surface area contributed by atoms with Gasteiger partial charge in [-0.3, -0.25) is 0 Å². The van der Waals surface area contributed by atoms with Crippen LogP contribution in [0.5, 0.6) is 0 Å². The third-order valence-corrected chi connectivity index (χ3v) is 2.93. The van der Waals surface area contributed by atoms with Crippen LogP contribution in [0.25, 0.3) is 0 Å². The lowest BCUT2D eigenvalue weighted by Gasteiger charge is -2.20. The highest BCUT2D eigenvalue weighted by atomic mass is 16.6. The molecule has 9 heteroatoms. The van der Waals surface area contributed by atoms with Crippen molar-refractivity contribution in [3.05, 3.63) is 22.5 Å². The van der Waals surface area contributed by atoms with Crippen LogP contribution in [0.4, 0.5) is 0 Å².